The first kappa shape index (κ1) is 28.2. The average Bonchev–Trinajstić information content (AvgIpc) is 3.37. The molecule has 2 amide bonds. The summed E-state index contributed by atoms with van der Waals surface area (Å²) in [6.45, 7) is 6.32. The van der Waals surface area contributed by atoms with E-state index in [0.29, 0.717) is 24.6 Å². The second kappa shape index (κ2) is 13.8. The van der Waals surface area contributed by atoms with Crippen molar-refractivity contribution in [2.24, 2.45) is 5.92 Å². The molecule has 1 fully saturated rings. The lowest BCUT2D eigenvalue weighted by molar-refractivity contribution is -0.135. The predicted molar refractivity (Wildman–Crippen MR) is 157 cm³/mol. The van der Waals surface area contributed by atoms with Crippen LogP contribution in [0.15, 0.2) is 77.4 Å². The molecule has 2 aromatic carbocycles. The maximum Gasteiger partial charge on any atom is 0.254 e. The van der Waals surface area contributed by atoms with Crippen molar-refractivity contribution in [3.8, 4) is 0 Å². The lowest BCUT2D eigenvalue weighted by Gasteiger charge is -2.36. The quantitative estimate of drug-likeness (QED) is 0.243. The van der Waals surface area contributed by atoms with Crippen molar-refractivity contribution in [3.05, 3.63) is 94.2 Å². The predicted octanol–water partition coefficient (Wildman–Crippen LogP) is 7.15. The van der Waals surface area contributed by atoms with Crippen molar-refractivity contribution in [3.63, 3.8) is 0 Å². The Labute approximate surface area is 236 Å². The molecule has 3 aromatic rings. The number of benzene rings is 2. The number of carbonyl (C=O) groups excluding carboxylic acids is 2. The molecule has 0 saturated heterocycles. The standard InChI is InChI=1S/C32H40BrN3O2/c1-25(2)19-21-35(32(38)27-10-5-3-6-11-27)24-31(37)36(29-12-7-4-8-13-29)23-30-14-9-20-34(30)22-26-15-17-28(33)18-16-26/h3,5-6,9-11,14-18,20,25,29H,4,7-8,12-13,19,21-24H2,1-2H3. The zero-order chi connectivity index (χ0) is 26.9. The molecule has 38 heavy (non-hydrogen) atoms. The van der Waals surface area contributed by atoms with Gasteiger partial charge >= 0.3 is 0 Å². The van der Waals surface area contributed by atoms with E-state index in [1.165, 1.54) is 12.0 Å². The third-order valence-corrected chi connectivity index (χ3v) is 8.00. The molecule has 0 atom stereocenters. The van der Waals surface area contributed by atoms with E-state index in [-0.39, 0.29) is 24.4 Å². The van der Waals surface area contributed by atoms with Crippen LogP contribution >= 0.6 is 15.9 Å². The number of carbonyl (C=O) groups is 2. The zero-order valence-corrected chi connectivity index (χ0v) is 24.3. The summed E-state index contributed by atoms with van der Waals surface area (Å²) in [5.41, 5.74) is 2.97. The molecule has 0 radical (unpaired) electrons. The monoisotopic (exact) mass is 577 g/mol. The molecule has 0 bridgehead atoms. The molecule has 6 heteroatoms. The number of hydrogen-bond donors (Lipinski definition) is 0. The highest BCUT2D eigenvalue weighted by Gasteiger charge is 2.29. The Morgan fingerprint density at radius 1 is 0.947 bits per heavy atom. The third kappa shape index (κ3) is 7.83. The number of rotatable bonds is 11. The fourth-order valence-electron chi connectivity index (χ4n) is 5.21. The van der Waals surface area contributed by atoms with Crippen LogP contribution in [0.2, 0.25) is 0 Å². The van der Waals surface area contributed by atoms with E-state index >= 15 is 0 Å². The molecule has 5 nitrogen and oxygen atoms in total. The van der Waals surface area contributed by atoms with Gasteiger partial charge < -0.3 is 14.4 Å². The Bertz CT molecular complexity index is 1170. The second-order valence-electron chi connectivity index (χ2n) is 10.8. The van der Waals surface area contributed by atoms with Crippen molar-refractivity contribution in [1.29, 1.82) is 0 Å². The van der Waals surface area contributed by atoms with Crippen LogP contribution < -0.4 is 0 Å². The minimum atomic E-state index is -0.0678. The second-order valence-corrected chi connectivity index (χ2v) is 11.8. The van der Waals surface area contributed by atoms with Crippen LogP contribution in [0, 0.1) is 5.92 Å². The van der Waals surface area contributed by atoms with Gasteiger partial charge in [-0.1, -0.05) is 79.4 Å². The van der Waals surface area contributed by atoms with Crippen LogP contribution in [0.5, 0.6) is 0 Å². The normalized spacial score (nSPS) is 14.0. The summed E-state index contributed by atoms with van der Waals surface area (Å²) in [7, 11) is 0. The molecule has 1 aliphatic carbocycles. The fraction of sp³-hybridized carbons (Fsp3) is 0.438. The fourth-order valence-corrected chi connectivity index (χ4v) is 5.47. The van der Waals surface area contributed by atoms with Gasteiger partial charge in [-0.05, 0) is 67.1 Å². The van der Waals surface area contributed by atoms with Gasteiger partial charge in [0.05, 0.1) is 6.54 Å². The van der Waals surface area contributed by atoms with E-state index in [1.807, 2.05) is 30.3 Å². The van der Waals surface area contributed by atoms with Crippen molar-refractivity contribution in [1.82, 2.24) is 14.4 Å². The molecular weight excluding hydrogens is 538 g/mol. The maximum absolute atomic E-state index is 14.0. The zero-order valence-electron chi connectivity index (χ0n) is 22.7. The molecule has 1 saturated carbocycles. The highest BCUT2D eigenvalue weighted by Crippen LogP contribution is 2.25. The molecule has 0 spiro atoms. The van der Waals surface area contributed by atoms with Gasteiger partial charge in [0, 0.05) is 41.1 Å². The highest BCUT2D eigenvalue weighted by atomic mass is 79.9. The number of amides is 2. The van der Waals surface area contributed by atoms with Gasteiger partial charge in [-0.2, -0.15) is 0 Å². The average molecular weight is 579 g/mol. The summed E-state index contributed by atoms with van der Waals surface area (Å²) < 4.78 is 3.30. The maximum atomic E-state index is 14.0. The summed E-state index contributed by atoms with van der Waals surface area (Å²) >= 11 is 3.51. The smallest absolute Gasteiger partial charge is 0.254 e. The molecule has 4 rings (SSSR count). The Morgan fingerprint density at radius 3 is 2.34 bits per heavy atom. The molecule has 1 aromatic heterocycles. The molecule has 1 aliphatic rings. The summed E-state index contributed by atoms with van der Waals surface area (Å²) in [5.74, 6) is 0.427. The lowest BCUT2D eigenvalue weighted by atomic mass is 9.94. The molecule has 202 valence electrons. The molecule has 0 unspecified atom stereocenters. The summed E-state index contributed by atoms with van der Waals surface area (Å²) in [6.07, 6.45) is 8.53. The number of aromatic nitrogens is 1. The molecule has 0 N–H and O–H groups in total. The van der Waals surface area contributed by atoms with Crippen LogP contribution in [0.25, 0.3) is 0 Å². The van der Waals surface area contributed by atoms with E-state index in [0.717, 1.165) is 48.8 Å². The van der Waals surface area contributed by atoms with Gasteiger partial charge in [-0.3, -0.25) is 9.59 Å². The highest BCUT2D eigenvalue weighted by molar-refractivity contribution is 9.10. The largest absolute Gasteiger partial charge is 0.345 e. The Morgan fingerprint density at radius 2 is 1.66 bits per heavy atom. The lowest BCUT2D eigenvalue weighted by Crippen LogP contribution is -2.48. The van der Waals surface area contributed by atoms with E-state index in [2.05, 4.69) is 81.8 Å². The molecule has 1 heterocycles. The first-order chi connectivity index (χ1) is 18.4. The van der Waals surface area contributed by atoms with E-state index < -0.39 is 0 Å². The SMILES string of the molecule is CC(C)CCN(CC(=O)N(Cc1cccn1Cc1ccc(Br)cc1)C1CCCCC1)C(=O)c1ccccc1. The van der Waals surface area contributed by atoms with E-state index in [4.69, 9.17) is 0 Å². The van der Waals surface area contributed by atoms with E-state index in [1.54, 1.807) is 4.90 Å². The Kier molecular flexibility index (Phi) is 10.2. The minimum Gasteiger partial charge on any atom is -0.345 e. The topological polar surface area (TPSA) is 45.6 Å². The third-order valence-electron chi connectivity index (χ3n) is 7.47. The number of halogens is 1. The number of hydrogen-bond acceptors (Lipinski definition) is 2. The van der Waals surface area contributed by atoms with Crippen molar-refractivity contribution in [2.75, 3.05) is 13.1 Å². The van der Waals surface area contributed by atoms with Crippen LogP contribution in [0.4, 0.5) is 0 Å². The minimum absolute atomic E-state index is 0.0429. The summed E-state index contributed by atoms with van der Waals surface area (Å²) in [5, 5.41) is 0. The van der Waals surface area contributed by atoms with Crippen molar-refractivity contribution < 1.29 is 9.59 Å². The van der Waals surface area contributed by atoms with Crippen LogP contribution in [-0.4, -0.2) is 45.3 Å². The van der Waals surface area contributed by atoms with Gasteiger partial charge in [-0.25, -0.2) is 0 Å². The van der Waals surface area contributed by atoms with Crippen molar-refractivity contribution in [2.45, 2.75) is 71.5 Å². The first-order valence-electron chi connectivity index (χ1n) is 13.9. The summed E-state index contributed by atoms with van der Waals surface area (Å²) in [6, 6.07) is 22.1. The van der Waals surface area contributed by atoms with Gasteiger partial charge in [0.15, 0.2) is 0 Å². The van der Waals surface area contributed by atoms with Gasteiger partial charge in [0.1, 0.15) is 6.54 Å². The Hall–Kier alpha value is -2.86. The van der Waals surface area contributed by atoms with Crippen LogP contribution in [-0.2, 0) is 17.9 Å². The first-order valence-corrected chi connectivity index (χ1v) is 14.7. The molecular formula is C32H40BrN3O2. The van der Waals surface area contributed by atoms with Gasteiger partial charge in [-0.15, -0.1) is 0 Å². The van der Waals surface area contributed by atoms with E-state index in [9.17, 15) is 9.59 Å². The van der Waals surface area contributed by atoms with Gasteiger partial charge in [0.25, 0.3) is 5.91 Å². The number of nitrogens with zero attached hydrogens (tertiary/aromatic N) is 3. The summed E-state index contributed by atoms with van der Waals surface area (Å²) in [4.78, 5) is 31.2. The van der Waals surface area contributed by atoms with Crippen LogP contribution in [0.3, 0.4) is 0 Å². The molecule has 0 aliphatic heterocycles. The van der Waals surface area contributed by atoms with Gasteiger partial charge in [0.2, 0.25) is 5.91 Å². The van der Waals surface area contributed by atoms with Crippen LogP contribution in [0.1, 0.15) is 74.0 Å². The Balaban J connectivity index is 1.54. The van der Waals surface area contributed by atoms with Crippen molar-refractivity contribution >= 4 is 27.7 Å².